The fourth-order valence-electron chi connectivity index (χ4n) is 2.69. The van der Waals surface area contributed by atoms with Gasteiger partial charge in [0.15, 0.2) is 0 Å². The number of hydrogen-bond acceptors (Lipinski definition) is 5. The van der Waals surface area contributed by atoms with Crippen molar-refractivity contribution in [3.63, 3.8) is 0 Å². The van der Waals surface area contributed by atoms with Gasteiger partial charge in [-0.15, -0.1) is 0 Å². The number of nitrogens with zero attached hydrogens (tertiary/aromatic N) is 2. The second-order valence-electron chi connectivity index (χ2n) is 6.21. The molecule has 0 aliphatic rings. The molecule has 144 valence electrons. The highest BCUT2D eigenvalue weighted by Crippen LogP contribution is 2.18. The molecule has 1 amide bonds. The highest BCUT2D eigenvalue weighted by molar-refractivity contribution is 5.92. The van der Waals surface area contributed by atoms with Crippen molar-refractivity contribution in [2.24, 2.45) is 0 Å². The minimum atomic E-state index is -0.215. The van der Waals surface area contributed by atoms with Gasteiger partial charge in [0, 0.05) is 12.2 Å². The maximum Gasteiger partial charge on any atom is 0.271 e. The summed E-state index contributed by atoms with van der Waals surface area (Å²) < 4.78 is 5.42. The first kappa shape index (κ1) is 19.4. The summed E-state index contributed by atoms with van der Waals surface area (Å²) in [7, 11) is 0. The third kappa shape index (κ3) is 5.81. The summed E-state index contributed by atoms with van der Waals surface area (Å²) in [5.41, 5.74) is 2.44. The van der Waals surface area contributed by atoms with E-state index in [9.17, 15) is 4.79 Å². The first-order valence-corrected chi connectivity index (χ1v) is 9.38. The van der Waals surface area contributed by atoms with Crippen molar-refractivity contribution < 1.29 is 9.53 Å². The Morgan fingerprint density at radius 1 is 1.00 bits per heavy atom. The van der Waals surface area contributed by atoms with Gasteiger partial charge in [-0.3, -0.25) is 4.79 Å². The van der Waals surface area contributed by atoms with Gasteiger partial charge in [0.1, 0.15) is 17.3 Å². The van der Waals surface area contributed by atoms with Crippen molar-refractivity contribution in [2.75, 3.05) is 18.5 Å². The van der Waals surface area contributed by atoms with Crippen LogP contribution in [0.5, 0.6) is 5.75 Å². The lowest BCUT2D eigenvalue weighted by atomic mass is 10.1. The molecule has 0 spiro atoms. The fourth-order valence-corrected chi connectivity index (χ4v) is 2.69. The normalized spacial score (nSPS) is 10.3. The third-order valence-corrected chi connectivity index (χ3v) is 4.09. The quantitative estimate of drug-likeness (QED) is 0.553. The minimum Gasteiger partial charge on any atom is -0.494 e. The zero-order chi connectivity index (χ0) is 19.6. The molecule has 0 radical (unpaired) electrons. The van der Waals surface area contributed by atoms with Crippen LogP contribution >= 0.6 is 0 Å². The van der Waals surface area contributed by atoms with Crippen LogP contribution in [0.3, 0.4) is 0 Å². The van der Waals surface area contributed by atoms with E-state index < -0.39 is 0 Å². The number of aromatic nitrogens is 2. The topological polar surface area (TPSA) is 76.1 Å². The predicted molar refractivity (Wildman–Crippen MR) is 110 cm³/mol. The van der Waals surface area contributed by atoms with Crippen molar-refractivity contribution in [1.29, 1.82) is 0 Å². The van der Waals surface area contributed by atoms with Gasteiger partial charge in [0.25, 0.3) is 5.91 Å². The Bertz CT molecular complexity index is 865. The van der Waals surface area contributed by atoms with E-state index >= 15 is 0 Å². The molecule has 2 N–H and O–H groups in total. The van der Waals surface area contributed by atoms with E-state index in [-0.39, 0.29) is 5.91 Å². The van der Waals surface area contributed by atoms with E-state index in [0.29, 0.717) is 24.7 Å². The number of carbonyl (C=O) groups is 1. The molecular weight excluding hydrogens is 352 g/mol. The van der Waals surface area contributed by atoms with Crippen LogP contribution in [0.2, 0.25) is 0 Å². The Morgan fingerprint density at radius 3 is 2.46 bits per heavy atom. The molecule has 2 aromatic carbocycles. The molecule has 6 heteroatoms. The summed E-state index contributed by atoms with van der Waals surface area (Å²) in [6.07, 6.45) is 4.83. The summed E-state index contributed by atoms with van der Waals surface area (Å²) >= 11 is 0. The Balaban J connectivity index is 1.45. The minimum absolute atomic E-state index is 0.215. The summed E-state index contributed by atoms with van der Waals surface area (Å²) in [6, 6.07) is 17.8. The summed E-state index contributed by atoms with van der Waals surface area (Å²) in [5, 5.41) is 6.03. The molecule has 0 aliphatic carbocycles. The lowest BCUT2D eigenvalue weighted by molar-refractivity contribution is 0.0948. The third-order valence-electron chi connectivity index (χ3n) is 4.09. The van der Waals surface area contributed by atoms with E-state index in [1.165, 1.54) is 11.8 Å². The van der Waals surface area contributed by atoms with Crippen LogP contribution in [-0.2, 0) is 6.42 Å². The van der Waals surface area contributed by atoms with Crippen LogP contribution < -0.4 is 15.4 Å². The number of hydrogen-bond donors (Lipinski definition) is 2. The van der Waals surface area contributed by atoms with E-state index in [1.54, 1.807) is 6.20 Å². The van der Waals surface area contributed by atoms with Crippen molar-refractivity contribution >= 4 is 17.4 Å². The van der Waals surface area contributed by atoms with E-state index in [4.69, 9.17) is 4.74 Å². The second-order valence-corrected chi connectivity index (χ2v) is 6.21. The van der Waals surface area contributed by atoms with Gasteiger partial charge < -0.3 is 15.4 Å². The van der Waals surface area contributed by atoms with E-state index in [0.717, 1.165) is 24.3 Å². The highest BCUT2D eigenvalue weighted by atomic mass is 16.5. The average molecular weight is 376 g/mol. The molecule has 1 aromatic heterocycles. The predicted octanol–water partition coefficient (Wildman–Crippen LogP) is 3.98. The molecule has 0 aliphatic heterocycles. The average Bonchev–Trinajstić information content (AvgIpc) is 2.74. The molecule has 0 unspecified atom stereocenters. The highest BCUT2D eigenvalue weighted by Gasteiger charge is 2.07. The van der Waals surface area contributed by atoms with Crippen LogP contribution in [0.25, 0.3) is 0 Å². The fraction of sp³-hybridized carbons (Fsp3) is 0.227. The summed E-state index contributed by atoms with van der Waals surface area (Å²) in [5.74, 6) is 1.18. The second kappa shape index (κ2) is 10.1. The maximum absolute atomic E-state index is 12.2. The Kier molecular flexibility index (Phi) is 6.95. The monoisotopic (exact) mass is 376 g/mol. The van der Waals surface area contributed by atoms with E-state index in [2.05, 4.69) is 32.7 Å². The van der Waals surface area contributed by atoms with Gasteiger partial charge in [-0.2, -0.15) is 0 Å². The first-order chi connectivity index (χ1) is 13.7. The first-order valence-electron chi connectivity index (χ1n) is 9.38. The van der Waals surface area contributed by atoms with Crippen molar-refractivity contribution in [3.8, 4) is 5.75 Å². The van der Waals surface area contributed by atoms with Gasteiger partial charge in [-0.1, -0.05) is 30.3 Å². The number of nitrogens with one attached hydrogen (secondary N) is 2. The lowest BCUT2D eigenvalue weighted by Crippen LogP contribution is -2.25. The molecule has 0 bridgehead atoms. The number of amides is 1. The summed E-state index contributed by atoms with van der Waals surface area (Å²) in [6.45, 7) is 3.18. The van der Waals surface area contributed by atoms with Crippen LogP contribution in [0.15, 0.2) is 67.0 Å². The molecular formula is C22H24N4O2. The molecule has 28 heavy (non-hydrogen) atoms. The van der Waals surface area contributed by atoms with Crippen LogP contribution in [0, 0.1) is 0 Å². The SMILES string of the molecule is CCOc1ccc(Nc2cnc(C(=O)NCCCc3ccccc3)cn2)cc1. The van der Waals surface area contributed by atoms with Crippen LogP contribution in [0.4, 0.5) is 11.5 Å². The zero-order valence-electron chi connectivity index (χ0n) is 15.9. The molecule has 3 aromatic rings. The van der Waals surface area contributed by atoms with Gasteiger partial charge in [0.05, 0.1) is 19.0 Å². The number of anilines is 2. The largest absolute Gasteiger partial charge is 0.494 e. The van der Waals surface area contributed by atoms with Gasteiger partial charge >= 0.3 is 0 Å². The number of ether oxygens (including phenoxy) is 1. The van der Waals surface area contributed by atoms with E-state index in [1.807, 2.05) is 49.4 Å². The van der Waals surface area contributed by atoms with Crippen LogP contribution in [0.1, 0.15) is 29.4 Å². The lowest BCUT2D eigenvalue weighted by Gasteiger charge is -2.08. The standard InChI is InChI=1S/C22H24N4O2/c1-2-28-19-12-10-18(11-13-19)26-21-16-24-20(15-25-21)22(27)23-14-6-9-17-7-4-3-5-8-17/h3-5,7-8,10-13,15-16H,2,6,9,14H2,1H3,(H,23,27)(H,25,26). The molecule has 0 saturated heterocycles. The number of carbonyl (C=O) groups excluding carboxylic acids is 1. The number of benzene rings is 2. The van der Waals surface area contributed by atoms with Crippen molar-refractivity contribution in [1.82, 2.24) is 15.3 Å². The Labute approximate surface area is 165 Å². The maximum atomic E-state index is 12.2. The molecule has 0 atom stereocenters. The zero-order valence-corrected chi connectivity index (χ0v) is 15.9. The van der Waals surface area contributed by atoms with Gasteiger partial charge in [-0.25, -0.2) is 9.97 Å². The molecule has 1 heterocycles. The van der Waals surface area contributed by atoms with Gasteiger partial charge in [0.2, 0.25) is 0 Å². The van der Waals surface area contributed by atoms with Crippen molar-refractivity contribution in [3.05, 3.63) is 78.2 Å². The van der Waals surface area contributed by atoms with Gasteiger partial charge in [-0.05, 0) is 49.6 Å². The summed E-state index contributed by atoms with van der Waals surface area (Å²) in [4.78, 5) is 20.6. The Hall–Kier alpha value is -3.41. The smallest absolute Gasteiger partial charge is 0.271 e. The molecule has 3 rings (SSSR count). The molecule has 0 saturated carbocycles. The molecule has 0 fully saturated rings. The van der Waals surface area contributed by atoms with Crippen molar-refractivity contribution in [2.45, 2.75) is 19.8 Å². The molecule has 6 nitrogen and oxygen atoms in total. The van der Waals surface area contributed by atoms with Crippen LogP contribution in [-0.4, -0.2) is 29.0 Å². The number of aryl methyl sites for hydroxylation is 1. The Morgan fingerprint density at radius 2 is 1.79 bits per heavy atom. The number of rotatable bonds is 9.